The lowest BCUT2D eigenvalue weighted by Gasteiger charge is -2.15. The fourth-order valence-electron chi connectivity index (χ4n) is 1.04. The predicted octanol–water partition coefficient (Wildman–Crippen LogP) is 2.77. The van der Waals surface area contributed by atoms with E-state index >= 15 is 0 Å². The van der Waals surface area contributed by atoms with Gasteiger partial charge in [0, 0.05) is 22.7 Å². The fourth-order valence-corrected chi connectivity index (χ4v) is 1.59. The van der Waals surface area contributed by atoms with Crippen LogP contribution >= 0.6 is 15.9 Å². The molecule has 0 spiro atoms. The predicted molar refractivity (Wildman–Crippen MR) is 52.7 cm³/mol. The zero-order valence-corrected chi connectivity index (χ0v) is 9.32. The second-order valence-electron chi connectivity index (χ2n) is 2.82. The summed E-state index contributed by atoms with van der Waals surface area (Å²) < 4.78 is 40.1. The Balaban J connectivity index is 3.20. The van der Waals surface area contributed by atoms with E-state index in [1.165, 1.54) is 13.1 Å². The third-order valence-corrected chi connectivity index (χ3v) is 2.25. The van der Waals surface area contributed by atoms with Gasteiger partial charge in [0.25, 0.3) is 0 Å². The van der Waals surface area contributed by atoms with Gasteiger partial charge in [0.15, 0.2) is 0 Å². The Labute approximate surface area is 92.6 Å². The van der Waals surface area contributed by atoms with Gasteiger partial charge in [-0.05, 0) is 6.92 Å². The molecular formula is C8H8BrF3N2O. The fraction of sp³-hybridized carbons (Fsp3) is 0.375. The molecule has 3 nitrogen and oxygen atoms in total. The van der Waals surface area contributed by atoms with Crippen LogP contribution in [0.4, 0.5) is 19.0 Å². The van der Waals surface area contributed by atoms with Crippen LogP contribution in [-0.4, -0.2) is 11.3 Å². The summed E-state index contributed by atoms with van der Waals surface area (Å²) in [6.07, 6.45) is -3.49. The smallest absolute Gasteiger partial charge is 0.405 e. The highest BCUT2D eigenvalue weighted by Gasteiger charge is 2.33. The van der Waals surface area contributed by atoms with Crippen LogP contribution in [0.3, 0.4) is 0 Å². The van der Waals surface area contributed by atoms with E-state index in [4.69, 9.17) is 5.73 Å². The Morgan fingerprint density at radius 1 is 1.53 bits per heavy atom. The van der Waals surface area contributed by atoms with Crippen molar-refractivity contribution in [1.82, 2.24) is 4.98 Å². The van der Waals surface area contributed by atoms with E-state index in [-0.39, 0.29) is 28.0 Å². The minimum absolute atomic E-state index is 0.0247. The van der Waals surface area contributed by atoms with E-state index in [2.05, 4.69) is 25.7 Å². The van der Waals surface area contributed by atoms with Gasteiger partial charge in [-0.3, -0.25) is 0 Å². The quantitative estimate of drug-likeness (QED) is 0.850. The van der Waals surface area contributed by atoms with Crippen molar-refractivity contribution in [3.63, 3.8) is 0 Å². The molecule has 1 heterocycles. The van der Waals surface area contributed by atoms with Crippen LogP contribution < -0.4 is 10.5 Å². The molecule has 0 amide bonds. The third kappa shape index (κ3) is 2.98. The first-order valence-electron chi connectivity index (χ1n) is 3.91. The lowest BCUT2D eigenvalue weighted by atomic mass is 10.2. The van der Waals surface area contributed by atoms with Crippen LogP contribution in [0.15, 0.2) is 6.20 Å². The molecule has 15 heavy (non-hydrogen) atoms. The van der Waals surface area contributed by atoms with E-state index in [0.717, 1.165) is 0 Å². The summed E-state index contributed by atoms with van der Waals surface area (Å²) in [6.45, 7) is 1.47. The van der Waals surface area contributed by atoms with Crippen molar-refractivity contribution in [3.8, 4) is 5.75 Å². The minimum Gasteiger partial charge on any atom is -0.405 e. The van der Waals surface area contributed by atoms with Gasteiger partial charge in [-0.25, -0.2) is 4.98 Å². The van der Waals surface area contributed by atoms with Crippen LogP contribution in [-0.2, 0) is 5.33 Å². The van der Waals surface area contributed by atoms with Gasteiger partial charge in [-0.2, -0.15) is 0 Å². The maximum absolute atomic E-state index is 12.1. The molecular weight excluding hydrogens is 277 g/mol. The summed E-state index contributed by atoms with van der Waals surface area (Å²) in [4.78, 5) is 3.74. The van der Waals surface area contributed by atoms with E-state index < -0.39 is 6.36 Å². The number of hydrogen-bond donors (Lipinski definition) is 1. The first kappa shape index (κ1) is 12.1. The molecule has 1 aromatic rings. The number of aromatic nitrogens is 1. The van der Waals surface area contributed by atoms with Crippen LogP contribution in [0.2, 0.25) is 0 Å². The molecule has 0 aliphatic carbocycles. The molecule has 1 rings (SSSR count). The second kappa shape index (κ2) is 4.26. The lowest BCUT2D eigenvalue weighted by molar-refractivity contribution is -0.275. The van der Waals surface area contributed by atoms with E-state index in [1.54, 1.807) is 0 Å². The summed E-state index contributed by atoms with van der Waals surface area (Å²) in [6, 6.07) is 0. The topological polar surface area (TPSA) is 48.1 Å². The number of nitrogen functional groups attached to an aromatic ring is 1. The zero-order chi connectivity index (χ0) is 11.6. The first-order valence-corrected chi connectivity index (χ1v) is 5.03. The number of halogens is 4. The minimum atomic E-state index is -4.73. The van der Waals surface area contributed by atoms with Crippen molar-refractivity contribution in [1.29, 1.82) is 0 Å². The molecule has 0 fully saturated rings. The Morgan fingerprint density at radius 3 is 2.60 bits per heavy atom. The standard InChI is InChI=1S/C8H8BrF3N2O/c1-4-3-14-7(13)5(2-9)6(4)15-8(10,11)12/h3H,2H2,1H3,(H2,13,14). The van der Waals surface area contributed by atoms with E-state index in [9.17, 15) is 13.2 Å². The number of nitrogens with two attached hydrogens (primary N) is 1. The Kier molecular flexibility index (Phi) is 3.43. The Morgan fingerprint density at radius 2 is 2.13 bits per heavy atom. The van der Waals surface area contributed by atoms with Crippen LogP contribution in [0.1, 0.15) is 11.1 Å². The van der Waals surface area contributed by atoms with E-state index in [1.807, 2.05) is 0 Å². The number of anilines is 1. The molecule has 84 valence electrons. The first-order chi connectivity index (χ1) is 6.85. The molecule has 0 bridgehead atoms. The molecule has 0 saturated heterocycles. The average molecular weight is 285 g/mol. The monoisotopic (exact) mass is 284 g/mol. The van der Waals surface area contributed by atoms with Crippen molar-refractivity contribution in [2.75, 3.05) is 5.73 Å². The highest BCUT2D eigenvalue weighted by Crippen LogP contribution is 2.33. The van der Waals surface area contributed by atoms with Crippen molar-refractivity contribution < 1.29 is 17.9 Å². The van der Waals surface area contributed by atoms with Crippen molar-refractivity contribution in [2.45, 2.75) is 18.6 Å². The molecule has 0 aliphatic rings. The summed E-state index contributed by atoms with van der Waals surface area (Å²) in [7, 11) is 0. The Hall–Kier alpha value is -0.980. The molecule has 7 heteroatoms. The normalized spacial score (nSPS) is 11.5. The molecule has 0 radical (unpaired) electrons. The second-order valence-corrected chi connectivity index (χ2v) is 3.38. The SMILES string of the molecule is Cc1cnc(N)c(CBr)c1OC(F)(F)F. The molecule has 0 unspecified atom stereocenters. The number of hydrogen-bond acceptors (Lipinski definition) is 3. The molecule has 0 atom stereocenters. The van der Waals surface area contributed by atoms with Crippen LogP contribution in [0.5, 0.6) is 5.75 Å². The molecule has 0 aliphatic heterocycles. The van der Waals surface area contributed by atoms with Gasteiger partial charge in [0.05, 0.1) is 0 Å². The summed E-state index contributed by atoms with van der Waals surface area (Å²) in [5.41, 5.74) is 5.92. The highest BCUT2D eigenvalue weighted by molar-refractivity contribution is 9.08. The molecule has 1 aromatic heterocycles. The number of nitrogens with zero attached hydrogens (tertiary/aromatic N) is 1. The number of aryl methyl sites for hydroxylation is 1. The van der Waals surface area contributed by atoms with Gasteiger partial charge < -0.3 is 10.5 Å². The van der Waals surface area contributed by atoms with Crippen molar-refractivity contribution >= 4 is 21.7 Å². The lowest BCUT2D eigenvalue weighted by Crippen LogP contribution is -2.19. The average Bonchev–Trinajstić information content (AvgIpc) is 2.10. The Bertz CT molecular complexity index is 368. The van der Waals surface area contributed by atoms with Gasteiger partial charge in [0.2, 0.25) is 0 Å². The van der Waals surface area contributed by atoms with Gasteiger partial charge in [-0.15, -0.1) is 13.2 Å². The number of pyridine rings is 1. The summed E-state index contributed by atoms with van der Waals surface area (Å²) >= 11 is 3.03. The largest absolute Gasteiger partial charge is 0.573 e. The summed E-state index contributed by atoms with van der Waals surface area (Å²) in [5, 5.41) is 0.152. The third-order valence-electron chi connectivity index (χ3n) is 1.69. The maximum Gasteiger partial charge on any atom is 0.573 e. The maximum atomic E-state index is 12.1. The molecule has 0 aromatic carbocycles. The number of rotatable bonds is 2. The van der Waals surface area contributed by atoms with Gasteiger partial charge in [0.1, 0.15) is 11.6 Å². The highest BCUT2D eigenvalue weighted by atomic mass is 79.9. The molecule has 0 saturated carbocycles. The zero-order valence-electron chi connectivity index (χ0n) is 7.73. The van der Waals surface area contributed by atoms with Gasteiger partial charge in [-0.1, -0.05) is 15.9 Å². The molecule has 2 N–H and O–H groups in total. The summed E-state index contributed by atoms with van der Waals surface area (Å²) in [5.74, 6) is -0.261. The number of alkyl halides is 4. The van der Waals surface area contributed by atoms with Crippen molar-refractivity contribution in [2.24, 2.45) is 0 Å². The van der Waals surface area contributed by atoms with Crippen molar-refractivity contribution in [3.05, 3.63) is 17.3 Å². The van der Waals surface area contributed by atoms with E-state index in [0.29, 0.717) is 0 Å². The number of ether oxygens (including phenoxy) is 1. The van der Waals surface area contributed by atoms with Crippen LogP contribution in [0.25, 0.3) is 0 Å². The van der Waals surface area contributed by atoms with Crippen LogP contribution in [0, 0.1) is 6.92 Å². The van der Waals surface area contributed by atoms with Gasteiger partial charge >= 0.3 is 6.36 Å².